The largest absolute Gasteiger partial charge is 0.482 e. The predicted molar refractivity (Wildman–Crippen MR) is 101 cm³/mol. The molecule has 142 valence electrons. The van der Waals surface area contributed by atoms with Crippen LogP contribution in [0, 0.1) is 0 Å². The number of anilines is 1. The minimum atomic E-state index is -0.504. The number of hydrazine groups is 1. The summed E-state index contributed by atoms with van der Waals surface area (Å²) >= 11 is 1.60. The van der Waals surface area contributed by atoms with Crippen molar-refractivity contribution in [3.8, 4) is 17.0 Å². The Kier molecular flexibility index (Phi) is 5.70. The predicted octanol–water partition coefficient (Wildman–Crippen LogP) is 1.66. The third-order valence-corrected chi connectivity index (χ3v) is 4.80. The average Bonchev–Trinajstić information content (AvgIpc) is 3.11. The number of benzene rings is 1. The second-order valence-electron chi connectivity index (χ2n) is 6.06. The van der Waals surface area contributed by atoms with Crippen LogP contribution >= 0.6 is 11.3 Å². The van der Waals surface area contributed by atoms with Crippen molar-refractivity contribution in [3.63, 3.8) is 0 Å². The summed E-state index contributed by atoms with van der Waals surface area (Å²) < 4.78 is 5.47. The average molecular weight is 388 g/mol. The molecular formula is C18H20N4O4S. The molecule has 2 N–H and O–H groups in total. The smallest absolute Gasteiger partial charge is 0.265 e. The van der Waals surface area contributed by atoms with Gasteiger partial charge in [-0.15, -0.1) is 11.3 Å². The zero-order valence-corrected chi connectivity index (χ0v) is 15.9. The number of hydrogen-bond donors (Lipinski definition) is 2. The molecule has 0 saturated carbocycles. The number of rotatable bonds is 5. The molecule has 0 unspecified atom stereocenters. The monoisotopic (exact) mass is 388 g/mol. The van der Waals surface area contributed by atoms with Crippen LogP contribution < -0.4 is 20.5 Å². The van der Waals surface area contributed by atoms with Crippen LogP contribution in [0.25, 0.3) is 11.3 Å². The number of aromatic nitrogens is 1. The molecule has 1 aliphatic heterocycles. The highest BCUT2D eigenvalue weighted by molar-refractivity contribution is 7.09. The van der Waals surface area contributed by atoms with Crippen LogP contribution in [-0.2, 0) is 20.8 Å². The van der Waals surface area contributed by atoms with E-state index in [1.54, 1.807) is 23.5 Å². The molecule has 3 amide bonds. The first-order valence-electron chi connectivity index (χ1n) is 8.55. The molecule has 2 aromatic rings. The first-order chi connectivity index (χ1) is 13.0. The SMILES string of the molecule is CCCc1nc(-c2ccc3c(c2)N(CC(=O)NNC(C)=O)C(=O)CO3)cs1. The number of aryl methyl sites for hydroxylation is 1. The van der Waals surface area contributed by atoms with Gasteiger partial charge in [0.05, 0.1) is 16.4 Å². The Hall–Kier alpha value is -2.94. The van der Waals surface area contributed by atoms with Gasteiger partial charge in [-0.3, -0.25) is 30.1 Å². The van der Waals surface area contributed by atoms with Crippen LogP contribution in [0.15, 0.2) is 23.6 Å². The van der Waals surface area contributed by atoms with E-state index in [0.29, 0.717) is 11.4 Å². The van der Waals surface area contributed by atoms with Crippen molar-refractivity contribution >= 4 is 34.7 Å². The lowest BCUT2D eigenvalue weighted by Crippen LogP contribution is -2.49. The quantitative estimate of drug-likeness (QED) is 0.759. The normalized spacial score (nSPS) is 13.0. The number of hydrogen-bond acceptors (Lipinski definition) is 6. The van der Waals surface area contributed by atoms with E-state index in [-0.39, 0.29) is 19.1 Å². The lowest BCUT2D eigenvalue weighted by molar-refractivity contribution is -0.128. The molecule has 0 saturated heterocycles. The minimum Gasteiger partial charge on any atom is -0.482 e. The standard InChI is InChI=1S/C18H20N4O4S/c1-3-4-17-19-13(10-27-17)12-5-6-15-14(7-12)22(18(25)9-26-15)8-16(24)21-20-11(2)23/h5-7,10H,3-4,8-9H2,1-2H3,(H,20,23)(H,21,24). The summed E-state index contributed by atoms with van der Waals surface area (Å²) in [4.78, 5) is 41.2. The topological polar surface area (TPSA) is 101 Å². The van der Waals surface area contributed by atoms with Crippen LogP contribution in [0.2, 0.25) is 0 Å². The van der Waals surface area contributed by atoms with E-state index in [2.05, 4.69) is 22.8 Å². The molecule has 0 spiro atoms. The second kappa shape index (κ2) is 8.17. The number of ether oxygens (including phenoxy) is 1. The van der Waals surface area contributed by atoms with Crippen molar-refractivity contribution in [1.29, 1.82) is 0 Å². The molecule has 1 aliphatic rings. The zero-order chi connectivity index (χ0) is 19.4. The maximum Gasteiger partial charge on any atom is 0.265 e. The maximum absolute atomic E-state index is 12.3. The molecule has 27 heavy (non-hydrogen) atoms. The van der Waals surface area contributed by atoms with E-state index in [9.17, 15) is 14.4 Å². The van der Waals surface area contributed by atoms with Crippen LogP contribution in [0.1, 0.15) is 25.3 Å². The van der Waals surface area contributed by atoms with Gasteiger partial charge < -0.3 is 4.74 Å². The van der Waals surface area contributed by atoms with E-state index >= 15 is 0 Å². The van der Waals surface area contributed by atoms with Gasteiger partial charge in [0, 0.05) is 17.9 Å². The van der Waals surface area contributed by atoms with E-state index in [1.807, 2.05) is 11.4 Å². The maximum atomic E-state index is 12.3. The fraction of sp³-hybridized carbons (Fsp3) is 0.333. The van der Waals surface area contributed by atoms with Gasteiger partial charge in [0.15, 0.2) is 6.61 Å². The van der Waals surface area contributed by atoms with Gasteiger partial charge in [-0.25, -0.2) is 4.98 Å². The number of thiazole rings is 1. The fourth-order valence-corrected chi connectivity index (χ4v) is 3.56. The van der Waals surface area contributed by atoms with Gasteiger partial charge in [0.25, 0.3) is 11.8 Å². The minimum absolute atomic E-state index is 0.142. The van der Waals surface area contributed by atoms with Crippen LogP contribution in [0.4, 0.5) is 5.69 Å². The highest BCUT2D eigenvalue weighted by Gasteiger charge is 2.28. The summed E-state index contributed by atoms with van der Waals surface area (Å²) in [5, 5.41) is 3.04. The molecule has 9 heteroatoms. The fourth-order valence-electron chi connectivity index (χ4n) is 2.65. The summed E-state index contributed by atoms with van der Waals surface area (Å²) in [7, 11) is 0. The van der Waals surface area contributed by atoms with Gasteiger partial charge in [-0.1, -0.05) is 6.92 Å². The number of carbonyl (C=O) groups is 3. The van der Waals surface area contributed by atoms with Crippen molar-refractivity contribution in [2.75, 3.05) is 18.1 Å². The molecule has 8 nitrogen and oxygen atoms in total. The molecule has 0 atom stereocenters. The molecule has 3 rings (SSSR count). The van der Waals surface area contributed by atoms with Gasteiger partial charge in [0.1, 0.15) is 12.3 Å². The Labute approximate surface area is 160 Å². The van der Waals surface area contributed by atoms with Gasteiger partial charge in [0.2, 0.25) is 5.91 Å². The molecule has 0 fully saturated rings. The highest BCUT2D eigenvalue weighted by Crippen LogP contribution is 2.36. The summed E-state index contributed by atoms with van der Waals surface area (Å²) in [6.07, 6.45) is 1.95. The summed E-state index contributed by atoms with van der Waals surface area (Å²) in [5.41, 5.74) is 6.65. The van der Waals surface area contributed by atoms with Crippen molar-refractivity contribution in [2.45, 2.75) is 26.7 Å². The summed E-state index contributed by atoms with van der Waals surface area (Å²) in [6, 6.07) is 5.45. The Morgan fingerprint density at radius 2 is 2.15 bits per heavy atom. The number of carbonyl (C=O) groups excluding carboxylic acids is 3. The Morgan fingerprint density at radius 3 is 2.89 bits per heavy atom. The number of fused-ring (bicyclic) bond motifs is 1. The van der Waals surface area contributed by atoms with Gasteiger partial charge in [-0.05, 0) is 31.0 Å². The van der Waals surface area contributed by atoms with Crippen molar-refractivity contribution in [3.05, 3.63) is 28.6 Å². The summed E-state index contributed by atoms with van der Waals surface area (Å²) in [5.74, 6) is -0.710. The first kappa shape index (κ1) is 18.8. The van der Waals surface area contributed by atoms with Crippen molar-refractivity contribution < 1.29 is 19.1 Å². The number of nitrogens with one attached hydrogen (secondary N) is 2. The van der Waals surface area contributed by atoms with Crippen molar-refractivity contribution in [1.82, 2.24) is 15.8 Å². The third kappa shape index (κ3) is 4.43. The van der Waals surface area contributed by atoms with Gasteiger partial charge in [-0.2, -0.15) is 0 Å². The van der Waals surface area contributed by atoms with Crippen LogP contribution in [0.5, 0.6) is 5.75 Å². The van der Waals surface area contributed by atoms with E-state index < -0.39 is 11.8 Å². The molecular weight excluding hydrogens is 368 g/mol. The van der Waals surface area contributed by atoms with E-state index in [4.69, 9.17) is 4.74 Å². The third-order valence-electron chi connectivity index (χ3n) is 3.89. The molecule has 0 bridgehead atoms. The Bertz CT molecular complexity index is 880. The molecule has 1 aromatic heterocycles. The first-order valence-corrected chi connectivity index (χ1v) is 9.43. The lowest BCUT2D eigenvalue weighted by Gasteiger charge is -2.29. The number of nitrogens with zero attached hydrogens (tertiary/aromatic N) is 2. The molecule has 0 aliphatic carbocycles. The van der Waals surface area contributed by atoms with E-state index in [1.165, 1.54) is 11.8 Å². The van der Waals surface area contributed by atoms with Crippen LogP contribution in [-0.4, -0.2) is 35.9 Å². The van der Waals surface area contributed by atoms with Crippen molar-refractivity contribution in [2.24, 2.45) is 0 Å². The summed E-state index contributed by atoms with van der Waals surface area (Å²) in [6.45, 7) is 3.02. The molecule has 2 heterocycles. The number of amides is 3. The zero-order valence-electron chi connectivity index (χ0n) is 15.1. The van der Waals surface area contributed by atoms with Crippen LogP contribution in [0.3, 0.4) is 0 Å². The van der Waals surface area contributed by atoms with Gasteiger partial charge >= 0.3 is 0 Å². The molecule has 1 aromatic carbocycles. The highest BCUT2D eigenvalue weighted by atomic mass is 32.1. The second-order valence-corrected chi connectivity index (χ2v) is 7.00. The Morgan fingerprint density at radius 1 is 1.33 bits per heavy atom. The lowest BCUT2D eigenvalue weighted by atomic mass is 10.1. The van der Waals surface area contributed by atoms with E-state index in [0.717, 1.165) is 29.1 Å². The Balaban J connectivity index is 1.85. The molecule has 0 radical (unpaired) electrons.